The number of imide groups is 1. The van der Waals surface area contributed by atoms with Gasteiger partial charge in [0, 0.05) is 17.7 Å². The van der Waals surface area contributed by atoms with Crippen LogP contribution in [0, 0.1) is 5.92 Å². The molecule has 2 rings (SSSR count). The van der Waals surface area contributed by atoms with E-state index in [-0.39, 0.29) is 6.04 Å². The molecule has 0 aromatic heterocycles. The molecule has 0 spiro atoms. The maximum absolute atomic E-state index is 11.9. The van der Waals surface area contributed by atoms with Gasteiger partial charge in [-0.15, -0.1) is 0 Å². The predicted molar refractivity (Wildman–Crippen MR) is 108 cm³/mol. The smallest absolute Gasteiger partial charge is 0.331 e. The van der Waals surface area contributed by atoms with E-state index in [1.807, 2.05) is 0 Å². The van der Waals surface area contributed by atoms with Crippen LogP contribution in [0.25, 0.3) is 6.08 Å². The minimum atomic E-state index is -0.716. The zero-order valence-corrected chi connectivity index (χ0v) is 17.0. The lowest BCUT2D eigenvalue weighted by molar-refractivity contribution is -0.143. The Kier molecular flexibility index (Phi) is 8.51. The van der Waals surface area contributed by atoms with Crippen molar-refractivity contribution >= 4 is 24.0 Å². The van der Waals surface area contributed by atoms with Crippen LogP contribution in [0.1, 0.15) is 38.2 Å². The van der Waals surface area contributed by atoms with Crippen molar-refractivity contribution in [2.24, 2.45) is 5.92 Å². The topological polar surface area (TPSA) is 103 Å². The van der Waals surface area contributed by atoms with Crippen molar-refractivity contribution in [2.45, 2.75) is 38.6 Å². The minimum absolute atomic E-state index is 0.0554. The Morgan fingerprint density at radius 3 is 2.59 bits per heavy atom. The highest BCUT2D eigenvalue weighted by Crippen LogP contribution is 2.31. The third-order valence-electron chi connectivity index (χ3n) is 4.86. The van der Waals surface area contributed by atoms with Crippen LogP contribution < -0.4 is 20.1 Å². The van der Waals surface area contributed by atoms with Crippen LogP contribution in [0.15, 0.2) is 24.3 Å². The molecule has 0 unspecified atom stereocenters. The van der Waals surface area contributed by atoms with Crippen LogP contribution in [0.2, 0.25) is 0 Å². The number of ether oxygens (including phenoxy) is 3. The Hall–Kier alpha value is -3.03. The number of esters is 1. The van der Waals surface area contributed by atoms with Gasteiger partial charge in [-0.3, -0.25) is 10.1 Å². The largest absolute Gasteiger partial charge is 0.493 e. The summed E-state index contributed by atoms with van der Waals surface area (Å²) in [5.74, 6) is -0.0229. The third-order valence-corrected chi connectivity index (χ3v) is 4.86. The fraction of sp³-hybridized carbons (Fsp3) is 0.476. The molecule has 1 saturated carbocycles. The zero-order valence-electron chi connectivity index (χ0n) is 17.0. The van der Waals surface area contributed by atoms with Gasteiger partial charge in [0.2, 0.25) is 0 Å². The summed E-state index contributed by atoms with van der Waals surface area (Å²) >= 11 is 0. The number of nitrogens with one attached hydrogen (secondary N) is 2. The van der Waals surface area contributed by atoms with Crippen LogP contribution in [0.5, 0.6) is 11.5 Å². The molecule has 0 bridgehead atoms. The Labute approximate surface area is 170 Å². The molecular weight excluding hydrogens is 376 g/mol. The summed E-state index contributed by atoms with van der Waals surface area (Å²) in [6, 6.07) is 4.72. The molecule has 0 saturated heterocycles. The third kappa shape index (κ3) is 6.81. The first kappa shape index (κ1) is 22.3. The molecule has 2 atom stereocenters. The molecule has 2 N–H and O–H groups in total. The van der Waals surface area contributed by atoms with E-state index < -0.39 is 24.5 Å². The van der Waals surface area contributed by atoms with Crippen molar-refractivity contribution in [3.05, 3.63) is 29.8 Å². The molecule has 0 heterocycles. The summed E-state index contributed by atoms with van der Waals surface area (Å²) in [5.41, 5.74) is 0.620. The van der Waals surface area contributed by atoms with Gasteiger partial charge in [-0.25, -0.2) is 9.59 Å². The number of carbonyl (C=O) groups is 3. The standard InChI is InChI=1S/C21H28N2O6/c1-14-7-4-5-9-16(14)22-21(26)23-18(24)13-29-19(25)12-11-15-8-6-10-17(27-2)20(15)28-3/h6,8,10-12,14,16H,4-5,7,9,13H2,1-3H3,(H2,22,23,24,26)/b12-11+/t14-,16-/m1/s1. The summed E-state index contributed by atoms with van der Waals surface area (Å²) in [4.78, 5) is 35.6. The van der Waals surface area contributed by atoms with E-state index in [9.17, 15) is 14.4 Å². The number of hydrogen-bond donors (Lipinski definition) is 2. The lowest BCUT2D eigenvalue weighted by Gasteiger charge is -2.29. The lowest BCUT2D eigenvalue weighted by Crippen LogP contribution is -2.48. The monoisotopic (exact) mass is 404 g/mol. The number of rotatable bonds is 7. The quantitative estimate of drug-likeness (QED) is 0.535. The van der Waals surface area contributed by atoms with Crippen molar-refractivity contribution in [1.29, 1.82) is 0 Å². The normalized spacial score (nSPS) is 18.7. The Morgan fingerprint density at radius 2 is 1.90 bits per heavy atom. The number of benzene rings is 1. The van der Waals surface area contributed by atoms with Crippen LogP contribution >= 0.6 is 0 Å². The number of amides is 3. The molecule has 0 radical (unpaired) electrons. The van der Waals surface area contributed by atoms with Gasteiger partial charge in [0.05, 0.1) is 14.2 Å². The van der Waals surface area contributed by atoms with Gasteiger partial charge in [0.1, 0.15) is 0 Å². The van der Waals surface area contributed by atoms with Crippen molar-refractivity contribution in [3.63, 3.8) is 0 Å². The molecule has 1 aliphatic carbocycles. The molecule has 158 valence electrons. The molecule has 1 aliphatic rings. The van der Waals surface area contributed by atoms with Gasteiger partial charge < -0.3 is 19.5 Å². The Morgan fingerprint density at radius 1 is 1.14 bits per heavy atom. The van der Waals surface area contributed by atoms with Crippen LogP contribution in [-0.4, -0.2) is 44.8 Å². The van der Waals surface area contributed by atoms with E-state index in [0.29, 0.717) is 23.0 Å². The predicted octanol–water partition coefficient (Wildman–Crippen LogP) is 2.66. The molecule has 1 aromatic rings. The van der Waals surface area contributed by atoms with E-state index >= 15 is 0 Å². The van der Waals surface area contributed by atoms with E-state index in [4.69, 9.17) is 14.2 Å². The molecule has 3 amide bonds. The number of methoxy groups -OCH3 is 2. The summed E-state index contributed by atoms with van der Waals surface area (Å²) in [6.45, 7) is 1.53. The Bertz CT molecular complexity index is 762. The minimum Gasteiger partial charge on any atom is -0.493 e. The van der Waals surface area contributed by atoms with E-state index in [0.717, 1.165) is 25.7 Å². The number of hydrogen-bond acceptors (Lipinski definition) is 6. The van der Waals surface area contributed by atoms with Crippen LogP contribution in [0.3, 0.4) is 0 Å². The molecule has 8 heteroatoms. The molecule has 29 heavy (non-hydrogen) atoms. The van der Waals surface area contributed by atoms with Gasteiger partial charge >= 0.3 is 12.0 Å². The lowest BCUT2D eigenvalue weighted by atomic mass is 9.86. The SMILES string of the molecule is COc1cccc(/C=C/C(=O)OCC(=O)NC(=O)N[C@@H]2CCCC[C@H]2C)c1OC. The highest BCUT2D eigenvalue weighted by molar-refractivity contribution is 5.96. The molecule has 1 fully saturated rings. The number of carbonyl (C=O) groups excluding carboxylic acids is 3. The molecule has 1 aromatic carbocycles. The summed E-state index contributed by atoms with van der Waals surface area (Å²) in [6.07, 6.45) is 6.85. The molecule has 8 nitrogen and oxygen atoms in total. The number of para-hydroxylation sites is 1. The second-order valence-electron chi connectivity index (χ2n) is 6.91. The van der Waals surface area contributed by atoms with Gasteiger partial charge in [0.15, 0.2) is 18.1 Å². The van der Waals surface area contributed by atoms with Crippen molar-refractivity contribution in [1.82, 2.24) is 10.6 Å². The van der Waals surface area contributed by atoms with Crippen molar-refractivity contribution in [2.75, 3.05) is 20.8 Å². The first-order valence-electron chi connectivity index (χ1n) is 9.60. The van der Waals surface area contributed by atoms with Crippen molar-refractivity contribution < 1.29 is 28.6 Å². The fourth-order valence-corrected chi connectivity index (χ4v) is 3.28. The van der Waals surface area contributed by atoms with Gasteiger partial charge in [-0.2, -0.15) is 0 Å². The van der Waals surface area contributed by atoms with E-state index in [1.54, 1.807) is 18.2 Å². The summed E-state index contributed by atoms with van der Waals surface area (Å²) < 4.78 is 15.3. The Balaban J connectivity index is 1.79. The highest BCUT2D eigenvalue weighted by Gasteiger charge is 2.23. The maximum atomic E-state index is 11.9. The maximum Gasteiger partial charge on any atom is 0.331 e. The first-order chi connectivity index (χ1) is 13.9. The summed E-state index contributed by atoms with van der Waals surface area (Å²) in [5, 5.41) is 4.99. The second-order valence-corrected chi connectivity index (χ2v) is 6.91. The van der Waals surface area contributed by atoms with Gasteiger partial charge in [-0.1, -0.05) is 31.9 Å². The molecule has 0 aliphatic heterocycles. The number of urea groups is 1. The average molecular weight is 404 g/mol. The van der Waals surface area contributed by atoms with Gasteiger partial charge in [-0.05, 0) is 30.9 Å². The van der Waals surface area contributed by atoms with Crippen LogP contribution in [-0.2, 0) is 14.3 Å². The van der Waals surface area contributed by atoms with E-state index in [1.165, 1.54) is 26.4 Å². The first-order valence-corrected chi connectivity index (χ1v) is 9.60. The second kappa shape index (κ2) is 11.1. The summed E-state index contributed by atoms with van der Waals surface area (Å²) in [7, 11) is 3.01. The van der Waals surface area contributed by atoms with Crippen LogP contribution in [0.4, 0.5) is 4.79 Å². The fourth-order valence-electron chi connectivity index (χ4n) is 3.28. The zero-order chi connectivity index (χ0) is 21.2. The van der Waals surface area contributed by atoms with Gasteiger partial charge in [0.25, 0.3) is 5.91 Å². The average Bonchev–Trinajstić information content (AvgIpc) is 2.71. The van der Waals surface area contributed by atoms with Crippen molar-refractivity contribution in [3.8, 4) is 11.5 Å². The van der Waals surface area contributed by atoms with E-state index in [2.05, 4.69) is 17.6 Å². The molecular formula is C21H28N2O6. The highest BCUT2D eigenvalue weighted by atomic mass is 16.5.